The Morgan fingerprint density at radius 2 is 1.94 bits per heavy atom. The van der Waals surface area contributed by atoms with Gasteiger partial charge in [-0.05, 0) is 18.6 Å². The fourth-order valence-corrected chi connectivity index (χ4v) is 2.06. The third kappa shape index (κ3) is 4.03. The van der Waals surface area contributed by atoms with Gasteiger partial charge in [0.2, 0.25) is 0 Å². The summed E-state index contributed by atoms with van der Waals surface area (Å²) in [5, 5.41) is 4.02. The molecule has 0 amide bonds. The highest BCUT2D eigenvalue weighted by molar-refractivity contribution is 7.99. The van der Waals surface area contributed by atoms with Crippen LogP contribution >= 0.6 is 11.8 Å². The zero-order valence-electron chi connectivity index (χ0n) is 11.5. The van der Waals surface area contributed by atoms with Gasteiger partial charge in [0.05, 0.1) is 0 Å². The van der Waals surface area contributed by atoms with Gasteiger partial charge in [-0.2, -0.15) is 11.8 Å². The first-order valence-corrected chi connectivity index (χ1v) is 7.47. The summed E-state index contributed by atoms with van der Waals surface area (Å²) in [4.78, 5) is 8.45. The molecule has 6 heteroatoms. The van der Waals surface area contributed by atoms with Crippen molar-refractivity contribution in [2.24, 2.45) is 5.84 Å². The fourth-order valence-electron chi connectivity index (χ4n) is 1.71. The van der Waals surface area contributed by atoms with Crippen LogP contribution in [0.3, 0.4) is 0 Å². The van der Waals surface area contributed by atoms with E-state index in [9.17, 15) is 0 Å². The number of anilines is 2. The summed E-state index contributed by atoms with van der Waals surface area (Å²) < 4.78 is 0. The zero-order valence-corrected chi connectivity index (χ0v) is 12.3. The highest BCUT2D eigenvalue weighted by Crippen LogP contribution is 2.27. The van der Waals surface area contributed by atoms with Crippen LogP contribution in [0.4, 0.5) is 11.6 Å². The SMILES string of the molecule is CSC(C)CCNc1ncnc(NN)c1C(C)C. The molecule has 1 heterocycles. The van der Waals surface area contributed by atoms with E-state index in [1.54, 1.807) is 0 Å². The summed E-state index contributed by atoms with van der Waals surface area (Å²) in [6, 6.07) is 0. The molecule has 0 aliphatic rings. The van der Waals surface area contributed by atoms with E-state index in [4.69, 9.17) is 5.84 Å². The van der Waals surface area contributed by atoms with E-state index in [1.807, 2.05) is 11.8 Å². The molecule has 1 aromatic rings. The number of aromatic nitrogens is 2. The number of hydrogen-bond acceptors (Lipinski definition) is 6. The van der Waals surface area contributed by atoms with Crippen molar-refractivity contribution in [3.63, 3.8) is 0 Å². The number of nitrogen functional groups attached to an aromatic ring is 1. The number of nitrogens with zero attached hydrogens (tertiary/aromatic N) is 2. The average Bonchev–Trinajstić information content (AvgIpc) is 2.37. The van der Waals surface area contributed by atoms with Crippen LogP contribution in [0.5, 0.6) is 0 Å². The Bertz CT molecular complexity index is 369. The minimum atomic E-state index is 0.317. The summed E-state index contributed by atoms with van der Waals surface area (Å²) in [6.45, 7) is 7.34. The Balaban J connectivity index is 2.75. The van der Waals surface area contributed by atoms with Crippen molar-refractivity contribution in [1.82, 2.24) is 9.97 Å². The van der Waals surface area contributed by atoms with Crippen molar-refractivity contribution in [3.05, 3.63) is 11.9 Å². The van der Waals surface area contributed by atoms with Gasteiger partial charge in [0.1, 0.15) is 18.0 Å². The van der Waals surface area contributed by atoms with Gasteiger partial charge in [0, 0.05) is 17.4 Å². The lowest BCUT2D eigenvalue weighted by Crippen LogP contribution is -2.16. The summed E-state index contributed by atoms with van der Waals surface area (Å²) in [6.07, 6.45) is 4.76. The van der Waals surface area contributed by atoms with Crippen LogP contribution in [0.15, 0.2) is 6.33 Å². The van der Waals surface area contributed by atoms with Crippen LogP contribution in [0, 0.1) is 0 Å². The van der Waals surface area contributed by atoms with Crippen molar-refractivity contribution < 1.29 is 0 Å². The van der Waals surface area contributed by atoms with Crippen LogP contribution in [0.1, 0.15) is 38.7 Å². The Hall–Kier alpha value is -1.01. The Kier molecular flexibility index (Phi) is 6.21. The number of nitrogens with one attached hydrogen (secondary N) is 2. The molecular weight excluding hydrogens is 246 g/mol. The van der Waals surface area contributed by atoms with Crippen molar-refractivity contribution >= 4 is 23.4 Å². The van der Waals surface area contributed by atoms with Crippen LogP contribution in [0.2, 0.25) is 0 Å². The maximum Gasteiger partial charge on any atom is 0.148 e. The minimum absolute atomic E-state index is 0.317. The van der Waals surface area contributed by atoms with Crippen LogP contribution in [0.25, 0.3) is 0 Å². The molecule has 0 saturated heterocycles. The lowest BCUT2D eigenvalue weighted by molar-refractivity contribution is 0.822. The van der Waals surface area contributed by atoms with Crippen molar-refractivity contribution in [1.29, 1.82) is 0 Å². The van der Waals surface area contributed by atoms with Crippen LogP contribution in [-0.2, 0) is 0 Å². The number of thioether (sulfide) groups is 1. The fraction of sp³-hybridized carbons (Fsp3) is 0.667. The molecule has 1 unspecified atom stereocenters. The van der Waals surface area contributed by atoms with Gasteiger partial charge in [-0.3, -0.25) is 0 Å². The first kappa shape index (κ1) is 15.0. The molecule has 102 valence electrons. The molecule has 0 bridgehead atoms. The smallest absolute Gasteiger partial charge is 0.148 e. The van der Waals surface area contributed by atoms with E-state index in [1.165, 1.54) is 6.33 Å². The molecule has 0 fully saturated rings. The summed E-state index contributed by atoms with van der Waals surface area (Å²) in [5.74, 6) is 7.37. The van der Waals surface area contributed by atoms with Gasteiger partial charge in [-0.15, -0.1) is 0 Å². The maximum absolute atomic E-state index is 5.48. The van der Waals surface area contributed by atoms with Gasteiger partial charge < -0.3 is 10.7 Å². The topological polar surface area (TPSA) is 75.9 Å². The second-order valence-corrected chi connectivity index (χ2v) is 5.82. The predicted molar refractivity (Wildman–Crippen MR) is 80.0 cm³/mol. The van der Waals surface area contributed by atoms with Gasteiger partial charge in [-0.25, -0.2) is 15.8 Å². The van der Waals surface area contributed by atoms with Crippen molar-refractivity contribution in [2.75, 3.05) is 23.5 Å². The summed E-state index contributed by atoms with van der Waals surface area (Å²) in [7, 11) is 0. The Morgan fingerprint density at radius 3 is 2.50 bits per heavy atom. The minimum Gasteiger partial charge on any atom is -0.370 e. The van der Waals surface area contributed by atoms with E-state index in [0.717, 1.165) is 24.3 Å². The molecule has 0 radical (unpaired) electrons. The molecule has 0 aromatic carbocycles. The second kappa shape index (κ2) is 7.43. The zero-order chi connectivity index (χ0) is 13.5. The molecular formula is C12H23N5S. The molecule has 0 aliphatic carbocycles. The van der Waals surface area contributed by atoms with E-state index >= 15 is 0 Å². The molecule has 5 nitrogen and oxygen atoms in total. The van der Waals surface area contributed by atoms with E-state index in [0.29, 0.717) is 17.0 Å². The van der Waals surface area contributed by atoms with E-state index < -0.39 is 0 Å². The average molecular weight is 269 g/mol. The lowest BCUT2D eigenvalue weighted by atomic mass is 10.0. The third-order valence-electron chi connectivity index (χ3n) is 2.84. The molecule has 18 heavy (non-hydrogen) atoms. The maximum atomic E-state index is 5.48. The van der Waals surface area contributed by atoms with E-state index in [2.05, 4.69) is 47.7 Å². The number of rotatable bonds is 7. The predicted octanol–water partition coefficient (Wildman–Crippen LogP) is 2.44. The van der Waals surface area contributed by atoms with Crippen molar-refractivity contribution in [3.8, 4) is 0 Å². The number of nitrogens with two attached hydrogens (primary N) is 1. The molecule has 1 rings (SSSR count). The first-order valence-electron chi connectivity index (χ1n) is 6.18. The molecule has 1 atom stereocenters. The molecule has 0 spiro atoms. The van der Waals surface area contributed by atoms with E-state index in [-0.39, 0.29) is 0 Å². The third-order valence-corrected chi connectivity index (χ3v) is 3.88. The Labute approximate surface area is 113 Å². The van der Waals surface area contributed by atoms with Gasteiger partial charge in [0.25, 0.3) is 0 Å². The molecule has 1 aromatic heterocycles. The standard InChI is InChI=1S/C12H23N5S/c1-8(2)10-11(14-6-5-9(3)18-4)15-7-16-12(10)17-13/h7-9H,5-6,13H2,1-4H3,(H2,14,15,16,17). The largest absolute Gasteiger partial charge is 0.370 e. The quantitative estimate of drug-likeness (QED) is 0.521. The lowest BCUT2D eigenvalue weighted by Gasteiger charge is -2.17. The van der Waals surface area contributed by atoms with Gasteiger partial charge >= 0.3 is 0 Å². The molecule has 0 saturated carbocycles. The summed E-state index contributed by atoms with van der Waals surface area (Å²) >= 11 is 1.87. The molecule has 0 aliphatic heterocycles. The second-order valence-electron chi connectivity index (χ2n) is 4.55. The first-order chi connectivity index (χ1) is 8.60. The highest BCUT2D eigenvalue weighted by Gasteiger charge is 2.14. The summed E-state index contributed by atoms with van der Waals surface area (Å²) in [5.41, 5.74) is 3.67. The highest BCUT2D eigenvalue weighted by atomic mass is 32.2. The monoisotopic (exact) mass is 269 g/mol. The number of hydrazine groups is 1. The van der Waals surface area contributed by atoms with Gasteiger partial charge in [-0.1, -0.05) is 20.8 Å². The van der Waals surface area contributed by atoms with Crippen molar-refractivity contribution in [2.45, 2.75) is 38.4 Å². The number of hydrogen-bond donors (Lipinski definition) is 3. The van der Waals surface area contributed by atoms with Crippen LogP contribution < -0.4 is 16.6 Å². The molecule has 4 N–H and O–H groups in total. The Morgan fingerprint density at radius 1 is 1.28 bits per heavy atom. The van der Waals surface area contributed by atoms with Crippen LogP contribution in [-0.4, -0.2) is 28.0 Å². The van der Waals surface area contributed by atoms with Gasteiger partial charge in [0.15, 0.2) is 0 Å². The normalized spacial score (nSPS) is 12.6.